The summed E-state index contributed by atoms with van der Waals surface area (Å²) in [5, 5.41) is 4.42. The number of nitrogens with two attached hydrogens (primary N) is 1. The molecule has 0 bridgehead atoms. The van der Waals surface area contributed by atoms with Gasteiger partial charge in [0.15, 0.2) is 0 Å². The predicted octanol–water partition coefficient (Wildman–Crippen LogP) is 1.58. The maximum atomic E-state index is 5.84. The summed E-state index contributed by atoms with van der Waals surface area (Å²) in [5.41, 5.74) is 8.08. The summed E-state index contributed by atoms with van der Waals surface area (Å²) < 4.78 is 7.52. The van der Waals surface area contributed by atoms with Crippen molar-refractivity contribution in [1.29, 1.82) is 0 Å². The summed E-state index contributed by atoms with van der Waals surface area (Å²) in [4.78, 5) is 2.40. The van der Waals surface area contributed by atoms with E-state index < -0.39 is 0 Å². The molecule has 1 aliphatic heterocycles. The molecule has 2 aromatic rings. The van der Waals surface area contributed by atoms with Crippen LogP contribution < -0.4 is 5.73 Å². The van der Waals surface area contributed by atoms with Crippen molar-refractivity contribution in [2.45, 2.75) is 12.6 Å². The SMILES string of the molecule is Cn1nc(C2CN(Cc3ccccc3)CCO2)cc1N. The van der Waals surface area contributed by atoms with Gasteiger partial charge in [0.05, 0.1) is 12.3 Å². The van der Waals surface area contributed by atoms with Gasteiger partial charge in [0.1, 0.15) is 11.9 Å². The van der Waals surface area contributed by atoms with Crippen LogP contribution in [0.1, 0.15) is 17.4 Å². The molecule has 1 aromatic heterocycles. The zero-order chi connectivity index (χ0) is 13.9. The number of nitrogen functional groups attached to an aromatic ring is 1. The standard InChI is InChI=1S/C15H20N4O/c1-18-15(16)9-13(17-18)14-11-19(7-8-20-14)10-12-5-3-2-4-6-12/h2-6,9,14H,7-8,10-11,16H2,1H3. The molecule has 1 atom stereocenters. The van der Waals surface area contributed by atoms with Gasteiger partial charge in [0.2, 0.25) is 0 Å². The second-order valence-corrected chi connectivity index (χ2v) is 5.20. The van der Waals surface area contributed by atoms with Crippen molar-refractivity contribution >= 4 is 5.82 Å². The second kappa shape index (κ2) is 5.64. The highest BCUT2D eigenvalue weighted by Crippen LogP contribution is 2.23. The lowest BCUT2D eigenvalue weighted by Crippen LogP contribution is -2.38. The molecule has 0 aliphatic carbocycles. The Bertz CT molecular complexity index is 547. The van der Waals surface area contributed by atoms with Crippen LogP contribution in [-0.2, 0) is 18.3 Å². The highest BCUT2D eigenvalue weighted by molar-refractivity contribution is 5.31. The first-order valence-corrected chi connectivity index (χ1v) is 6.89. The van der Waals surface area contributed by atoms with Crippen LogP contribution in [0.2, 0.25) is 0 Å². The number of nitrogens with zero attached hydrogens (tertiary/aromatic N) is 3. The van der Waals surface area contributed by atoms with Crippen LogP contribution in [0.3, 0.4) is 0 Å². The van der Waals surface area contributed by atoms with Crippen molar-refractivity contribution in [3.05, 3.63) is 47.7 Å². The molecular formula is C15H20N4O. The Kier molecular flexibility index (Phi) is 3.71. The Hall–Kier alpha value is -1.85. The maximum absolute atomic E-state index is 5.84. The first-order valence-electron chi connectivity index (χ1n) is 6.89. The minimum atomic E-state index is 0.0102. The molecule has 5 heteroatoms. The minimum Gasteiger partial charge on any atom is -0.384 e. The Labute approximate surface area is 118 Å². The van der Waals surface area contributed by atoms with E-state index in [-0.39, 0.29) is 6.10 Å². The molecule has 1 saturated heterocycles. The summed E-state index contributed by atoms with van der Waals surface area (Å²) in [6.45, 7) is 3.48. The number of hydrogen-bond donors (Lipinski definition) is 1. The average Bonchev–Trinajstić information content (AvgIpc) is 2.80. The lowest BCUT2D eigenvalue weighted by atomic mass is 10.1. The monoisotopic (exact) mass is 272 g/mol. The van der Waals surface area contributed by atoms with Crippen LogP contribution in [0.25, 0.3) is 0 Å². The van der Waals surface area contributed by atoms with Crippen molar-refractivity contribution in [3.8, 4) is 0 Å². The predicted molar refractivity (Wildman–Crippen MR) is 78.0 cm³/mol. The van der Waals surface area contributed by atoms with Crippen molar-refractivity contribution in [2.24, 2.45) is 7.05 Å². The highest BCUT2D eigenvalue weighted by Gasteiger charge is 2.24. The molecule has 1 fully saturated rings. The van der Waals surface area contributed by atoms with E-state index in [0.29, 0.717) is 5.82 Å². The molecule has 3 rings (SSSR count). The Morgan fingerprint density at radius 3 is 2.85 bits per heavy atom. The summed E-state index contributed by atoms with van der Waals surface area (Å²) >= 11 is 0. The molecule has 0 saturated carbocycles. The maximum Gasteiger partial charge on any atom is 0.121 e. The van der Waals surface area contributed by atoms with Gasteiger partial charge in [-0.1, -0.05) is 30.3 Å². The van der Waals surface area contributed by atoms with E-state index in [4.69, 9.17) is 10.5 Å². The number of ether oxygens (including phenoxy) is 1. The summed E-state index contributed by atoms with van der Waals surface area (Å²) in [6, 6.07) is 12.4. The molecule has 0 spiro atoms. The Balaban J connectivity index is 1.67. The normalized spacial score (nSPS) is 20.1. The topological polar surface area (TPSA) is 56.3 Å². The molecular weight excluding hydrogens is 252 g/mol. The molecule has 1 unspecified atom stereocenters. The zero-order valence-electron chi connectivity index (χ0n) is 11.7. The third kappa shape index (κ3) is 2.84. The molecule has 2 N–H and O–H groups in total. The Morgan fingerprint density at radius 1 is 1.35 bits per heavy atom. The summed E-state index contributed by atoms with van der Waals surface area (Å²) in [6.07, 6.45) is 0.0102. The number of morpholine rings is 1. The molecule has 20 heavy (non-hydrogen) atoms. The third-order valence-corrected chi connectivity index (χ3v) is 3.66. The van der Waals surface area contributed by atoms with Gasteiger partial charge in [-0.05, 0) is 5.56 Å². The van der Waals surface area contributed by atoms with Crippen molar-refractivity contribution in [2.75, 3.05) is 25.4 Å². The lowest BCUT2D eigenvalue weighted by Gasteiger charge is -2.32. The molecule has 1 aliphatic rings. The minimum absolute atomic E-state index is 0.0102. The van der Waals surface area contributed by atoms with Crippen LogP contribution in [-0.4, -0.2) is 34.4 Å². The van der Waals surface area contributed by atoms with E-state index in [2.05, 4.69) is 34.3 Å². The van der Waals surface area contributed by atoms with Crippen LogP contribution >= 0.6 is 0 Å². The molecule has 106 valence electrons. The molecule has 0 radical (unpaired) electrons. The van der Waals surface area contributed by atoms with Crippen LogP contribution in [0.15, 0.2) is 36.4 Å². The van der Waals surface area contributed by atoms with Crippen molar-refractivity contribution in [1.82, 2.24) is 14.7 Å². The third-order valence-electron chi connectivity index (χ3n) is 3.66. The Morgan fingerprint density at radius 2 is 2.15 bits per heavy atom. The largest absolute Gasteiger partial charge is 0.384 e. The van der Waals surface area contributed by atoms with E-state index in [1.54, 1.807) is 4.68 Å². The fraction of sp³-hybridized carbons (Fsp3) is 0.400. The summed E-state index contributed by atoms with van der Waals surface area (Å²) in [5.74, 6) is 0.670. The van der Waals surface area contributed by atoms with Gasteiger partial charge < -0.3 is 10.5 Å². The lowest BCUT2D eigenvalue weighted by molar-refractivity contribution is -0.0352. The van der Waals surface area contributed by atoms with Crippen LogP contribution in [0, 0.1) is 0 Å². The van der Waals surface area contributed by atoms with Gasteiger partial charge in [-0.3, -0.25) is 9.58 Å². The fourth-order valence-electron chi connectivity index (χ4n) is 2.53. The van der Waals surface area contributed by atoms with E-state index in [9.17, 15) is 0 Å². The van der Waals surface area contributed by atoms with Crippen LogP contribution in [0.5, 0.6) is 0 Å². The van der Waals surface area contributed by atoms with Crippen LogP contribution in [0.4, 0.5) is 5.82 Å². The number of aryl methyl sites for hydroxylation is 1. The molecule has 5 nitrogen and oxygen atoms in total. The molecule has 0 amide bonds. The van der Waals surface area contributed by atoms with Gasteiger partial charge in [0.25, 0.3) is 0 Å². The zero-order valence-corrected chi connectivity index (χ0v) is 11.7. The van der Waals surface area contributed by atoms with Gasteiger partial charge >= 0.3 is 0 Å². The smallest absolute Gasteiger partial charge is 0.121 e. The highest BCUT2D eigenvalue weighted by atomic mass is 16.5. The van der Waals surface area contributed by atoms with Gasteiger partial charge in [-0.15, -0.1) is 0 Å². The van der Waals surface area contributed by atoms with Gasteiger partial charge in [0, 0.05) is 32.7 Å². The molecule has 2 heterocycles. The average molecular weight is 272 g/mol. The number of aromatic nitrogens is 2. The number of rotatable bonds is 3. The first-order chi connectivity index (χ1) is 9.72. The first kappa shape index (κ1) is 13.1. The summed E-state index contributed by atoms with van der Waals surface area (Å²) in [7, 11) is 1.85. The second-order valence-electron chi connectivity index (χ2n) is 5.20. The van der Waals surface area contributed by atoms with E-state index >= 15 is 0 Å². The number of benzene rings is 1. The quantitative estimate of drug-likeness (QED) is 0.921. The van der Waals surface area contributed by atoms with E-state index in [1.165, 1.54) is 5.56 Å². The van der Waals surface area contributed by atoms with Crippen molar-refractivity contribution < 1.29 is 4.74 Å². The van der Waals surface area contributed by atoms with Crippen molar-refractivity contribution in [3.63, 3.8) is 0 Å². The van der Waals surface area contributed by atoms with E-state index in [0.717, 1.165) is 31.9 Å². The van der Waals surface area contributed by atoms with Gasteiger partial charge in [-0.2, -0.15) is 5.10 Å². The van der Waals surface area contributed by atoms with Gasteiger partial charge in [-0.25, -0.2) is 0 Å². The fourth-order valence-corrected chi connectivity index (χ4v) is 2.53. The number of hydrogen-bond acceptors (Lipinski definition) is 4. The number of anilines is 1. The molecule has 1 aromatic carbocycles. The van der Waals surface area contributed by atoms with E-state index in [1.807, 2.05) is 19.2 Å².